The highest BCUT2D eigenvalue weighted by Crippen LogP contribution is 2.25. The van der Waals surface area contributed by atoms with Gasteiger partial charge in [-0.25, -0.2) is 0 Å². The molecular formula is C14H26N2. The summed E-state index contributed by atoms with van der Waals surface area (Å²) in [6.45, 7) is 7.91. The number of rotatable bonds is 5. The van der Waals surface area contributed by atoms with Gasteiger partial charge in [-0.15, -0.1) is 0 Å². The highest BCUT2D eigenvalue weighted by atomic mass is 14.9. The molecule has 0 radical (unpaired) electrons. The van der Waals surface area contributed by atoms with Crippen LogP contribution in [-0.4, -0.2) is 12.6 Å². The Balaban J connectivity index is 2.20. The fourth-order valence-electron chi connectivity index (χ4n) is 2.37. The van der Waals surface area contributed by atoms with Crippen LogP contribution < -0.4 is 5.32 Å². The molecular weight excluding hydrogens is 196 g/mol. The highest BCUT2D eigenvalue weighted by Gasteiger charge is 2.22. The van der Waals surface area contributed by atoms with Gasteiger partial charge in [0.15, 0.2) is 0 Å². The third-order valence-electron chi connectivity index (χ3n) is 3.80. The molecule has 2 nitrogen and oxygen atoms in total. The molecule has 0 atom stereocenters. The molecule has 1 aliphatic rings. The third-order valence-corrected chi connectivity index (χ3v) is 3.80. The molecule has 0 spiro atoms. The van der Waals surface area contributed by atoms with Crippen LogP contribution in [0.25, 0.3) is 0 Å². The van der Waals surface area contributed by atoms with Crippen LogP contribution in [0.4, 0.5) is 0 Å². The molecule has 0 heterocycles. The number of hydrogen-bond donors (Lipinski definition) is 1. The van der Waals surface area contributed by atoms with E-state index >= 15 is 0 Å². The molecule has 0 unspecified atom stereocenters. The number of nitrogens with zero attached hydrogens (tertiary/aromatic N) is 1. The predicted molar refractivity (Wildman–Crippen MR) is 68.1 cm³/mol. The lowest BCUT2D eigenvalue weighted by Crippen LogP contribution is -2.39. The first-order valence-corrected chi connectivity index (χ1v) is 6.64. The van der Waals surface area contributed by atoms with Gasteiger partial charge in [-0.2, -0.15) is 5.26 Å². The minimum absolute atomic E-state index is 0.263. The second-order valence-corrected chi connectivity index (χ2v) is 6.16. The monoisotopic (exact) mass is 222 g/mol. The summed E-state index contributed by atoms with van der Waals surface area (Å²) in [5.74, 6) is 0.921. The van der Waals surface area contributed by atoms with Gasteiger partial charge >= 0.3 is 0 Å². The molecule has 0 aromatic rings. The molecule has 2 heteroatoms. The Bertz CT molecular complexity index is 232. The Hall–Kier alpha value is -0.550. The van der Waals surface area contributed by atoms with Crippen molar-refractivity contribution in [2.75, 3.05) is 6.54 Å². The summed E-state index contributed by atoms with van der Waals surface area (Å²) in [4.78, 5) is 0. The molecule has 92 valence electrons. The van der Waals surface area contributed by atoms with Gasteiger partial charge in [0.2, 0.25) is 0 Å². The van der Waals surface area contributed by atoms with Crippen molar-refractivity contribution in [3.8, 4) is 6.07 Å². The molecule has 1 aliphatic carbocycles. The first-order valence-electron chi connectivity index (χ1n) is 6.64. The zero-order chi connectivity index (χ0) is 12.0. The van der Waals surface area contributed by atoms with E-state index in [9.17, 15) is 0 Å². The first kappa shape index (κ1) is 13.5. The molecule has 0 amide bonds. The molecule has 0 aromatic heterocycles. The molecule has 1 rings (SSSR count). The van der Waals surface area contributed by atoms with Crippen molar-refractivity contribution in [1.82, 2.24) is 5.32 Å². The molecule has 0 bridgehead atoms. The number of nitriles is 1. The maximum Gasteiger partial charge on any atom is 0.0621 e. The zero-order valence-electron chi connectivity index (χ0n) is 11.1. The van der Waals surface area contributed by atoms with Gasteiger partial charge in [0.1, 0.15) is 0 Å². The maximum atomic E-state index is 8.61. The van der Waals surface area contributed by atoms with Crippen LogP contribution in [0, 0.1) is 22.7 Å². The quantitative estimate of drug-likeness (QED) is 0.773. The van der Waals surface area contributed by atoms with Crippen molar-refractivity contribution < 1.29 is 0 Å². The Morgan fingerprint density at radius 3 is 2.44 bits per heavy atom. The van der Waals surface area contributed by atoms with E-state index in [0.29, 0.717) is 6.42 Å². The van der Waals surface area contributed by atoms with Crippen LogP contribution in [0.3, 0.4) is 0 Å². The maximum absolute atomic E-state index is 8.61. The summed E-state index contributed by atoms with van der Waals surface area (Å²) in [5.41, 5.74) is 0.263. The summed E-state index contributed by atoms with van der Waals surface area (Å²) >= 11 is 0. The number of nitrogens with one attached hydrogen (secondary N) is 1. The summed E-state index contributed by atoms with van der Waals surface area (Å²) in [7, 11) is 0. The molecule has 16 heavy (non-hydrogen) atoms. The van der Waals surface area contributed by atoms with Gasteiger partial charge in [-0.1, -0.05) is 20.8 Å². The van der Waals surface area contributed by atoms with Crippen molar-refractivity contribution in [3.05, 3.63) is 0 Å². The summed E-state index contributed by atoms with van der Waals surface area (Å²) in [5, 5.41) is 12.3. The Kier molecular flexibility index (Phi) is 5.28. The highest BCUT2D eigenvalue weighted by molar-refractivity contribution is 4.82. The van der Waals surface area contributed by atoms with Crippen LogP contribution in [0.15, 0.2) is 0 Å². The summed E-state index contributed by atoms with van der Waals surface area (Å²) in [6, 6.07) is 2.96. The number of hydrogen-bond acceptors (Lipinski definition) is 2. The first-order chi connectivity index (χ1) is 7.53. The fraction of sp³-hybridized carbons (Fsp3) is 0.929. The average Bonchev–Trinajstić information content (AvgIpc) is 2.26. The second-order valence-electron chi connectivity index (χ2n) is 6.16. The molecule has 1 fully saturated rings. The lowest BCUT2D eigenvalue weighted by molar-refractivity contribution is 0.254. The van der Waals surface area contributed by atoms with Crippen LogP contribution in [-0.2, 0) is 0 Å². The van der Waals surface area contributed by atoms with Crippen LogP contribution >= 0.6 is 0 Å². The largest absolute Gasteiger partial charge is 0.313 e. The van der Waals surface area contributed by atoms with Crippen LogP contribution in [0.2, 0.25) is 0 Å². The van der Waals surface area contributed by atoms with Crippen molar-refractivity contribution in [2.24, 2.45) is 11.3 Å². The SMILES string of the molecule is CC1CCC(NCC(C)(C)CCC#N)CC1. The normalized spacial score (nSPS) is 26.4. The van der Waals surface area contributed by atoms with Gasteiger partial charge in [-0.05, 0) is 43.4 Å². The van der Waals surface area contributed by atoms with Gasteiger partial charge in [0, 0.05) is 19.0 Å². The van der Waals surface area contributed by atoms with Crippen molar-refractivity contribution in [3.63, 3.8) is 0 Å². The van der Waals surface area contributed by atoms with E-state index < -0.39 is 0 Å². The zero-order valence-corrected chi connectivity index (χ0v) is 11.1. The second kappa shape index (κ2) is 6.25. The van der Waals surface area contributed by atoms with Crippen molar-refractivity contribution in [2.45, 2.75) is 65.3 Å². The summed E-state index contributed by atoms with van der Waals surface area (Å²) < 4.78 is 0. The van der Waals surface area contributed by atoms with E-state index in [1.807, 2.05) is 0 Å². The molecule has 0 saturated heterocycles. The molecule has 0 aromatic carbocycles. The van der Waals surface area contributed by atoms with Gasteiger partial charge in [0.25, 0.3) is 0 Å². The van der Waals surface area contributed by atoms with Crippen LogP contribution in [0.5, 0.6) is 0 Å². The Morgan fingerprint density at radius 2 is 1.88 bits per heavy atom. The lowest BCUT2D eigenvalue weighted by atomic mass is 9.85. The average molecular weight is 222 g/mol. The van der Waals surface area contributed by atoms with Gasteiger partial charge < -0.3 is 5.32 Å². The van der Waals surface area contributed by atoms with E-state index in [-0.39, 0.29) is 5.41 Å². The van der Waals surface area contributed by atoms with E-state index in [2.05, 4.69) is 32.2 Å². The third kappa shape index (κ3) is 4.99. The smallest absolute Gasteiger partial charge is 0.0621 e. The standard InChI is InChI=1S/C14H26N2/c1-12-5-7-13(8-6-12)16-11-14(2,3)9-4-10-15/h12-13,16H,4-9,11H2,1-3H3. The minimum Gasteiger partial charge on any atom is -0.313 e. The summed E-state index contributed by atoms with van der Waals surface area (Å²) in [6.07, 6.45) is 7.08. The minimum atomic E-state index is 0.263. The Morgan fingerprint density at radius 1 is 1.25 bits per heavy atom. The fourth-order valence-corrected chi connectivity index (χ4v) is 2.37. The van der Waals surface area contributed by atoms with E-state index in [1.54, 1.807) is 0 Å². The van der Waals surface area contributed by atoms with Gasteiger partial charge in [-0.3, -0.25) is 0 Å². The van der Waals surface area contributed by atoms with E-state index in [0.717, 1.165) is 24.9 Å². The van der Waals surface area contributed by atoms with Gasteiger partial charge in [0.05, 0.1) is 6.07 Å². The Labute approximate surface area is 100 Å². The molecule has 1 saturated carbocycles. The predicted octanol–water partition coefficient (Wildman–Crippen LogP) is 3.48. The molecule has 0 aliphatic heterocycles. The molecule has 1 N–H and O–H groups in total. The van der Waals surface area contributed by atoms with E-state index in [4.69, 9.17) is 5.26 Å². The van der Waals surface area contributed by atoms with E-state index in [1.165, 1.54) is 25.7 Å². The van der Waals surface area contributed by atoms with Crippen molar-refractivity contribution >= 4 is 0 Å². The topological polar surface area (TPSA) is 35.8 Å². The van der Waals surface area contributed by atoms with Crippen molar-refractivity contribution in [1.29, 1.82) is 5.26 Å². The lowest BCUT2D eigenvalue weighted by Gasteiger charge is -2.31. The van der Waals surface area contributed by atoms with Crippen LogP contribution in [0.1, 0.15) is 59.3 Å².